The summed E-state index contributed by atoms with van der Waals surface area (Å²) in [6.07, 6.45) is 1.76. The van der Waals surface area contributed by atoms with E-state index in [1.165, 1.54) is 12.1 Å². The highest BCUT2D eigenvalue weighted by Crippen LogP contribution is 2.37. The van der Waals surface area contributed by atoms with Gasteiger partial charge in [0.25, 0.3) is 5.91 Å². The van der Waals surface area contributed by atoms with Gasteiger partial charge in [0.05, 0.1) is 11.3 Å². The first-order valence-corrected chi connectivity index (χ1v) is 6.70. The first kappa shape index (κ1) is 13.9. The molecule has 0 aromatic heterocycles. The van der Waals surface area contributed by atoms with E-state index in [0.29, 0.717) is 11.3 Å². The normalized spacial score (nSPS) is 15.2. The number of fused-ring (bicyclic) bond motifs is 1. The number of anilines is 2. The number of likely N-dealkylation sites (N-methyl/N-ethyl adjacent to an activating group) is 1. The van der Waals surface area contributed by atoms with Gasteiger partial charge < -0.3 is 15.7 Å². The SMILES string of the molecule is CN1C(=O)/C(=C/c2ccc(C(=O)O)cc2)c2ccc(N)cc21. The molecular formula is C17H14N2O3. The Bertz CT molecular complexity index is 807. The van der Waals surface area contributed by atoms with Gasteiger partial charge in [-0.05, 0) is 35.9 Å². The van der Waals surface area contributed by atoms with E-state index in [1.807, 2.05) is 6.07 Å². The van der Waals surface area contributed by atoms with Crippen LogP contribution in [0.2, 0.25) is 0 Å². The molecule has 0 spiro atoms. The van der Waals surface area contributed by atoms with Crippen molar-refractivity contribution in [2.24, 2.45) is 0 Å². The predicted octanol–water partition coefficient (Wildman–Crippen LogP) is 2.48. The third kappa shape index (κ3) is 2.22. The molecule has 1 aliphatic heterocycles. The van der Waals surface area contributed by atoms with Gasteiger partial charge in [0, 0.05) is 23.9 Å². The summed E-state index contributed by atoms with van der Waals surface area (Å²) in [6.45, 7) is 0. The fourth-order valence-electron chi connectivity index (χ4n) is 2.49. The Hall–Kier alpha value is -3.08. The number of carbonyl (C=O) groups excluding carboxylic acids is 1. The monoisotopic (exact) mass is 294 g/mol. The molecule has 1 amide bonds. The van der Waals surface area contributed by atoms with E-state index in [-0.39, 0.29) is 11.5 Å². The Kier molecular flexibility index (Phi) is 3.18. The Morgan fingerprint density at radius 3 is 2.50 bits per heavy atom. The highest BCUT2D eigenvalue weighted by Gasteiger charge is 2.29. The number of rotatable bonds is 2. The van der Waals surface area contributed by atoms with Crippen molar-refractivity contribution in [1.82, 2.24) is 0 Å². The lowest BCUT2D eigenvalue weighted by Crippen LogP contribution is -2.20. The number of carboxylic acids is 1. The van der Waals surface area contributed by atoms with Crippen molar-refractivity contribution in [1.29, 1.82) is 0 Å². The molecular weight excluding hydrogens is 280 g/mol. The fourth-order valence-corrected chi connectivity index (χ4v) is 2.49. The van der Waals surface area contributed by atoms with E-state index in [4.69, 9.17) is 10.8 Å². The van der Waals surface area contributed by atoms with Crippen LogP contribution in [0.5, 0.6) is 0 Å². The smallest absolute Gasteiger partial charge is 0.335 e. The van der Waals surface area contributed by atoms with Gasteiger partial charge in [-0.2, -0.15) is 0 Å². The second-order valence-electron chi connectivity index (χ2n) is 5.13. The number of nitrogens with zero attached hydrogens (tertiary/aromatic N) is 1. The van der Waals surface area contributed by atoms with Crippen LogP contribution in [0.25, 0.3) is 11.6 Å². The summed E-state index contributed by atoms with van der Waals surface area (Å²) in [6, 6.07) is 11.7. The summed E-state index contributed by atoms with van der Waals surface area (Å²) >= 11 is 0. The summed E-state index contributed by atoms with van der Waals surface area (Å²) in [5.41, 5.74) is 9.52. The third-order valence-corrected chi connectivity index (χ3v) is 3.68. The van der Waals surface area contributed by atoms with E-state index in [1.54, 1.807) is 42.3 Å². The molecule has 1 heterocycles. The van der Waals surface area contributed by atoms with E-state index >= 15 is 0 Å². The second kappa shape index (κ2) is 5.04. The van der Waals surface area contributed by atoms with Crippen molar-refractivity contribution < 1.29 is 14.7 Å². The number of hydrogen-bond donors (Lipinski definition) is 2. The molecule has 0 fully saturated rings. The molecule has 5 heteroatoms. The molecule has 0 saturated carbocycles. The summed E-state index contributed by atoms with van der Waals surface area (Å²) in [4.78, 5) is 24.8. The molecule has 5 nitrogen and oxygen atoms in total. The highest BCUT2D eigenvalue weighted by molar-refractivity contribution is 6.35. The summed E-state index contributed by atoms with van der Waals surface area (Å²) in [5, 5.41) is 8.90. The van der Waals surface area contributed by atoms with Crippen LogP contribution < -0.4 is 10.6 Å². The molecule has 0 saturated heterocycles. The standard InChI is InChI=1S/C17H14N2O3/c1-19-15-9-12(18)6-7-13(15)14(16(19)20)8-10-2-4-11(5-3-10)17(21)22/h2-9H,18H2,1H3,(H,21,22)/b14-8+. The first-order chi connectivity index (χ1) is 10.5. The van der Waals surface area contributed by atoms with E-state index < -0.39 is 5.97 Å². The highest BCUT2D eigenvalue weighted by atomic mass is 16.4. The minimum Gasteiger partial charge on any atom is -0.478 e. The molecule has 110 valence electrons. The van der Waals surface area contributed by atoms with Gasteiger partial charge in [-0.3, -0.25) is 4.79 Å². The first-order valence-electron chi connectivity index (χ1n) is 6.70. The predicted molar refractivity (Wildman–Crippen MR) is 85.5 cm³/mol. The molecule has 0 radical (unpaired) electrons. The topological polar surface area (TPSA) is 83.6 Å². The van der Waals surface area contributed by atoms with Crippen LogP contribution in [0.15, 0.2) is 42.5 Å². The van der Waals surface area contributed by atoms with E-state index in [9.17, 15) is 9.59 Å². The second-order valence-corrected chi connectivity index (χ2v) is 5.13. The lowest BCUT2D eigenvalue weighted by atomic mass is 10.0. The van der Waals surface area contributed by atoms with Crippen molar-refractivity contribution in [3.63, 3.8) is 0 Å². The van der Waals surface area contributed by atoms with Crippen LogP contribution in [-0.4, -0.2) is 24.0 Å². The quantitative estimate of drug-likeness (QED) is 0.658. The lowest BCUT2D eigenvalue weighted by molar-refractivity contribution is -0.112. The van der Waals surface area contributed by atoms with Gasteiger partial charge in [-0.1, -0.05) is 18.2 Å². The van der Waals surface area contributed by atoms with Crippen molar-refractivity contribution in [3.05, 3.63) is 59.2 Å². The van der Waals surface area contributed by atoms with Crippen molar-refractivity contribution in [3.8, 4) is 0 Å². The number of carbonyl (C=O) groups is 2. The maximum absolute atomic E-state index is 12.4. The van der Waals surface area contributed by atoms with Crippen LogP contribution in [0.1, 0.15) is 21.5 Å². The molecule has 0 atom stereocenters. The number of carboxylic acid groups (broad SMARTS) is 1. The summed E-state index contributed by atoms with van der Waals surface area (Å²) in [7, 11) is 1.70. The number of nitrogen functional groups attached to an aromatic ring is 1. The Morgan fingerprint density at radius 1 is 1.18 bits per heavy atom. The molecule has 2 aromatic carbocycles. The maximum Gasteiger partial charge on any atom is 0.335 e. The Labute approximate surface area is 127 Å². The van der Waals surface area contributed by atoms with Gasteiger partial charge in [0.15, 0.2) is 0 Å². The molecule has 0 unspecified atom stereocenters. The van der Waals surface area contributed by atoms with Crippen molar-refractivity contribution in [2.45, 2.75) is 0 Å². The van der Waals surface area contributed by atoms with Crippen LogP contribution in [0.4, 0.5) is 11.4 Å². The third-order valence-electron chi connectivity index (χ3n) is 3.68. The molecule has 0 bridgehead atoms. The van der Waals surface area contributed by atoms with Gasteiger partial charge in [-0.15, -0.1) is 0 Å². The number of hydrogen-bond acceptors (Lipinski definition) is 3. The van der Waals surface area contributed by atoms with E-state index in [0.717, 1.165) is 16.8 Å². The molecule has 0 aliphatic carbocycles. The summed E-state index contributed by atoms with van der Waals surface area (Å²) in [5.74, 6) is -1.08. The van der Waals surface area contributed by atoms with Crippen LogP contribution in [0.3, 0.4) is 0 Å². The molecule has 3 rings (SSSR count). The molecule has 2 aromatic rings. The van der Waals surface area contributed by atoms with Gasteiger partial charge in [0.2, 0.25) is 0 Å². The average molecular weight is 294 g/mol. The number of amides is 1. The zero-order chi connectivity index (χ0) is 15.9. The molecule has 1 aliphatic rings. The maximum atomic E-state index is 12.4. The minimum absolute atomic E-state index is 0.108. The molecule has 22 heavy (non-hydrogen) atoms. The number of benzene rings is 2. The minimum atomic E-state index is -0.975. The van der Waals surface area contributed by atoms with Crippen molar-refractivity contribution >= 4 is 34.9 Å². The van der Waals surface area contributed by atoms with Gasteiger partial charge >= 0.3 is 5.97 Å². The molecule has 3 N–H and O–H groups in total. The van der Waals surface area contributed by atoms with Gasteiger partial charge in [-0.25, -0.2) is 4.79 Å². The Morgan fingerprint density at radius 2 is 1.86 bits per heavy atom. The fraction of sp³-hybridized carbons (Fsp3) is 0.0588. The van der Waals surface area contributed by atoms with Crippen LogP contribution in [0, 0.1) is 0 Å². The number of nitrogens with two attached hydrogens (primary N) is 1. The lowest BCUT2D eigenvalue weighted by Gasteiger charge is -2.09. The van der Waals surface area contributed by atoms with Gasteiger partial charge in [0.1, 0.15) is 0 Å². The van der Waals surface area contributed by atoms with Crippen LogP contribution in [-0.2, 0) is 4.79 Å². The van der Waals surface area contributed by atoms with Crippen LogP contribution >= 0.6 is 0 Å². The Balaban J connectivity index is 2.05. The summed E-state index contributed by atoms with van der Waals surface area (Å²) < 4.78 is 0. The zero-order valence-electron chi connectivity index (χ0n) is 11.9. The van der Waals surface area contributed by atoms with E-state index in [2.05, 4.69) is 0 Å². The largest absolute Gasteiger partial charge is 0.478 e. The number of aromatic carboxylic acids is 1. The van der Waals surface area contributed by atoms with Crippen molar-refractivity contribution in [2.75, 3.05) is 17.7 Å². The average Bonchev–Trinajstić information content (AvgIpc) is 2.73. The zero-order valence-corrected chi connectivity index (χ0v) is 11.9.